The topological polar surface area (TPSA) is 71.4 Å². The highest BCUT2D eigenvalue weighted by atomic mass is 31.2. The van der Waals surface area contributed by atoms with Gasteiger partial charge in [0.15, 0.2) is 0 Å². The van der Waals surface area contributed by atoms with E-state index in [0.717, 1.165) is 0 Å². The Labute approximate surface area is 76.8 Å². The smallest absolute Gasteiger partial charge is 0.215 e. The van der Waals surface area contributed by atoms with Crippen molar-refractivity contribution in [1.29, 1.82) is 0 Å². The molecule has 1 aliphatic rings. The van der Waals surface area contributed by atoms with Gasteiger partial charge < -0.3 is 4.89 Å². The highest BCUT2D eigenvalue weighted by molar-refractivity contribution is 7.59. The van der Waals surface area contributed by atoms with Crippen molar-refractivity contribution in [3.8, 4) is 0 Å². The van der Waals surface area contributed by atoms with Gasteiger partial charge >= 0.3 is 0 Å². The fraction of sp³-hybridized carbons (Fsp3) is 0.750. The average molecular weight is 204 g/mol. The Morgan fingerprint density at radius 2 is 1.38 bits per heavy atom. The van der Waals surface area contributed by atoms with Crippen LogP contribution in [0, 0.1) is 0 Å². The fourth-order valence-electron chi connectivity index (χ4n) is 1.41. The van der Waals surface area contributed by atoms with Crippen molar-refractivity contribution in [2.24, 2.45) is 0 Å². The number of hydrogen-bond acceptors (Lipinski definition) is 3. The average Bonchev–Trinajstić information content (AvgIpc) is 1.99. The van der Waals surface area contributed by atoms with E-state index in [1.807, 2.05) is 0 Å². The summed E-state index contributed by atoms with van der Waals surface area (Å²) in [5.74, 6) is -0.388. The zero-order valence-corrected chi connectivity index (χ0v) is 8.26. The van der Waals surface area contributed by atoms with Crippen LogP contribution in [-0.4, -0.2) is 28.8 Å². The molecule has 1 N–H and O–H groups in total. The van der Waals surface area contributed by atoms with E-state index in [-0.39, 0.29) is 23.9 Å². The second-order valence-electron chi connectivity index (χ2n) is 3.45. The molecule has 13 heavy (non-hydrogen) atoms. The molecule has 1 saturated heterocycles. The van der Waals surface area contributed by atoms with Crippen LogP contribution in [-0.2, 0) is 14.2 Å². The zero-order valence-electron chi connectivity index (χ0n) is 7.36. The Kier molecular flexibility index (Phi) is 3.40. The molecule has 0 amide bonds. The van der Waals surface area contributed by atoms with E-state index in [4.69, 9.17) is 0 Å². The van der Waals surface area contributed by atoms with Gasteiger partial charge in [-0.2, -0.15) is 0 Å². The minimum atomic E-state index is -3.50. The maximum Gasteiger partial charge on any atom is 0.215 e. The molecule has 0 aliphatic carbocycles. The summed E-state index contributed by atoms with van der Waals surface area (Å²) in [6.45, 7) is 0. The Bertz CT molecular complexity index is 247. The molecule has 74 valence electrons. The quantitative estimate of drug-likeness (QED) is 0.597. The molecule has 0 unspecified atom stereocenters. The maximum atomic E-state index is 11.3. The summed E-state index contributed by atoms with van der Waals surface area (Å²) < 4.78 is 11.3. The first kappa shape index (κ1) is 10.6. The van der Waals surface area contributed by atoms with Crippen molar-refractivity contribution in [1.82, 2.24) is 0 Å². The molecule has 5 heteroatoms. The number of carbonyl (C=O) groups is 2. The number of carbonyl (C=O) groups excluding carboxylic acids is 2. The second kappa shape index (κ2) is 4.16. The number of Topliss-reactive ketones (excluding diaryl/α,β-unsaturated/α-hetero) is 2. The van der Waals surface area contributed by atoms with Gasteiger partial charge in [0.2, 0.25) is 7.37 Å². The number of hydrogen-bond donors (Lipinski definition) is 1. The third-order valence-corrected chi connectivity index (χ3v) is 3.70. The van der Waals surface area contributed by atoms with Crippen LogP contribution in [0.25, 0.3) is 0 Å². The molecule has 1 heterocycles. The molecule has 0 aromatic heterocycles. The van der Waals surface area contributed by atoms with Crippen molar-refractivity contribution in [2.45, 2.75) is 25.7 Å². The SMILES string of the molecule is O=C1CCCCC(=O)CP(=O)(O)C1. The summed E-state index contributed by atoms with van der Waals surface area (Å²) in [5, 5.41) is 0. The minimum Gasteiger partial charge on any atom is -0.344 e. The summed E-state index contributed by atoms with van der Waals surface area (Å²) >= 11 is 0. The van der Waals surface area contributed by atoms with Crippen LogP contribution in [0.2, 0.25) is 0 Å². The molecule has 0 bridgehead atoms. The van der Waals surface area contributed by atoms with Crippen LogP contribution in [0.5, 0.6) is 0 Å². The molecular weight excluding hydrogens is 191 g/mol. The highest BCUT2D eigenvalue weighted by Crippen LogP contribution is 2.41. The molecule has 0 radical (unpaired) electrons. The largest absolute Gasteiger partial charge is 0.344 e. The zero-order chi connectivity index (χ0) is 9.90. The summed E-state index contributed by atoms with van der Waals surface area (Å²) in [6.07, 6.45) is 1.34. The van der Waals surface area contributed by atoms with Crippen molar-refractivity contribution in [3.05, 3.63) is 0 Å². The van der Waals surface area contributed by atoms with Crippen LogP contribution in [0.15, 0.2) is 0 Å². The standard InChI is InChI=1S/C8H13O4P/c9-7-3-1-2-4-8(10)6-13(11,12)5-7/h1-6H2,(H,11,12). The lowest BCUT2D eigenvalue weighted by molar-refractivity contribution is -0.118. The molecule has 1 rings (SSSR count). The molecule has 4 nitrogen and oxygen atoms in total. The lowest BCUT2D eigenvalue weighted by Crippen LogP contribution is -2.09. The predicted octanol–water partition coefficient (Wildman–Crippen LogP) is 0.969. The van der Waals surface area contributed by atoms with Gasteiger partial charge in [-0.15, -0.1) is 0 Å². The molecule has 0 aromatic rings. The van der Waals surface area contributed by atoms with E-state index in [0.29, 0.717) is 25.7 Å². The predicted molar refractivity (Wildman–Crippen MR) is 48.0 cm³/mol. The van der Waals surface area contributed by atoms with Gasteiger partial charge in [-0.25, -0.2) is 0 Å². The van der Waals surface area contributed by atoms with E-state index in [1.54, 1.807) is 0 Å². The molecule has 0 aromatic carbocycles. The molecule has 0 spiro atoms. The summed E-state index contributed by atoms with van der Waals surface area (Å²) in [4.78, 5) is 31.4. The third-order valence-electron chi connectivity index (χ3n) is 2.01. The van der Waals surface area contributed by atoms with Crippen LogP contribution >= 0.6 is 7.37 Å². The Hall–Kier alpha value is -0.470. The normalized spacial score (nSPS) is 24.7. The van der Waals surface area contributed by atoms with Gasteiger partial charge in [-0.05, 0) is 12.8 Å². The molecule has 0 atom stereocenters. The number of rotatable bonds is 0. The van der Waals surface area contributed by atoms with Crippen LogP contribution in [0.4, 0.5) is 0 Å². The lowest BCUT2D eigenvalue weighted by Gasteiger charge is -2.06. The fourth-order valence-corrected chi connectivity index (χ4v) is 2.94. The van der Waals surface area contributed by atoms with Crippen molar-refractivity contribution >= 4 is 18.9 Å². The van der Waals surface area contributed by atoms with E-state index in [1.165, 1.54) is 0 Å². The van der Waals surface area contributed by atoms with Gasteiger partial charge in [0.25, 0.3) is 0 Å². The summed E-state index contributed by atoms with van der Waals surface area (Å²) in [7, 11) is -3.50. The Morgan fingerprint density at radius 3 is 1.77 bits per heavy atom. The van der Waals surface area contributed by atoms with Crippen LogP contribution < -0.4 is 0 Å². The summed E-state index contributed by atoms with van der Waals surface area (Å²) in [5.41, 5.74) is 0. The van der Waals surface area contributed by atoms with Gasteiger partial charge in [-0.3, -0.25) is 14.2 Å². The number of ketones is 2. The monoisotopic (exact) mass is 204 g/mol. The van der Waals surface area contributed by atoms with Crippen molar-refractivity contribution in [3.63, 3.8) is 0 Å². The minimum absolute atomic E-state index is 0.194. The van der Waals surface area contributed by atoms with Crippen molar-refractivity contribution < 1.29 is 19.0 Å². The van der Waals surface area contributed by atoms with E-state index in [9.17, 15) is 19.0 Å². The van der Waals surface area contributed by atoms with Gasteiger partial charge in [0, 0.05) is 12.8 Å². The third kappa shape index (κ3) is 3.83. The Balaban J connectivity index is 2.70. The van der Waals surface area contributed by atoms with Gasteiger partial charge in [-0.1, -0.05) is 0 Å². The second-order valence-corrected chi connectivity index (χ2v) is 5.77. The first-order chi connectivity index (χ1) is 5.99. The van der Waals surface area contributed by atoms with Crippen LogP contribution in [0.1, 0.15) is 25.7 Å². The summed E-state index contributed by atoms with van der Waals surface area (Å²) in [6, 6.07) is 0. The Morgan fingerprint density at radius 1 is 1.00 bits per heavy atom. The van der Waals surface area contributed by atoms with E-state index >= 15 is 0 Å². The van der Waals surface area contributed by atoms with Crippen molar-refractivity contribution in [2.75, 3.05) is 12.3 Å². The highest BCUT2D eigenvalue weighted by Gasteiger charge is 2.26. The lowest BCUT2D eigenvalue weighted by atomic mass is 10.1. The van der Waals surface area contributed by atoms with Crippen LogP contribution in [0.3, 0.4) is 0 Å². The van der Waals surface area contributed by atoms with Gasteiger partial charge in [0.1, 0.15) is 11.6 Å². The maximum absolute atomic E-state index is 11.3. The molecular formula is C8H13O4P. The first-order valence-electron chi connectivity index (χ1n) is 4.34. The van der Waals surface area contributed by atoms with E-state index in [2.05, 4.69) is 0 Å². The molecule has 0 saturated carbocycles. The molecule has 1 aliphatic heterocycles. The van der Waals surface area contributed by atoms with Gasteiger partial charge in [0.05, 0.1) is 12.3 Å². The van der Waals surface area contributed by atoms with E-state index < -0.39 is 7.37 Å². The first-order valence-corrected chi connectivity index (χ1v) is 6.37. The molecule has 1 fully saturated rings.